The number of likely N-dealkylation sites (N-methyl/N-ethyl adjacent to an activating group) is 1. The molecule has 94 valence electrons. The number of rotatable bonds is 2. The first-order valence-electron chi connectivity index (χ1n) is 5.98. The maximum absolute atomic E-state index is 11.7. The van der Waals surface area contributed by atoms with Gasteiger partial charge in [0.15, 0.2) is 0 Å². The zero-order chi connectivity index (χ0) is 12.8. The zero-order valence-electron chi connectivity index (χ0n) is 10.4. The lowest BCUT2D eigenvalue weighted by molar-refractivity contribution is -0.146. The Labute approximate surface area is 102 Å². The third-order valence-electron chi connectivity index (χ3n) is 3.38. The normalized spacial score (nSPS) is 23.6. The minimum Gasteiger partial charge on any atom is -0.335 e. The Morgan fingerprint density at radius 1 is 1.35 bits per heavy atom. The van der Waals surface area contributed by atoms with E-state index < -0.39 is 11.8 Å². The van der Waals surface area contributed by atoms with E-state index in [4.69, 9.17) is 5.26 Å². The summed E-state index contributed by atoms with van der Waals surface area (Å²) in [6.45, 7) is 2.08. The van der Waals surface area contributed by atoms with Gasteiger partial charge < -0.3 is 10.2 Å². The number of nitrogens with zero attached hydrogens (tertiary/aromatic N) is 2. The van der Waals surface area contributed by atoms with Gasteiger partial charge in [-0.15, -0.1) is 0 Å². The number of hydrogen-bond donors (Lipinski definition) is 1. The Kier molecular flexibility index (Phi) is 4.95. The van der Waals surface area contributed by atoms with Crippen LogP contribution in [0.25, 0.3) is 0 Å². The molecule has 1 aliphatic rings. The lowest BCUT2D eigenvalue weighted by atomic mass is 9.87. The number of nitriles is 1. The van der Waals surface area contributed by atoms with Crippen molar-refractivity contribution in [3.63, 3.8) is 0 Å². The highest BCUT2D eigenvalue weighted by Crippen LogP contribution is 2.26. The van der Waals surface area contributed by atoms with Gasteiger partial charge in [-0.25, -0.2) is 0 Å². The first kappa shape index (κ1) is 13.5. The van der Waals surface area contributed by atoms with Gasteiger partial charge in [-0.1, -0.05) is 6.92 Å². The van der Waals surface area contributed by atoms with Crippen LogP contribution in [0.1, 0.15) is 32.6 Å². The molecular weight excluding hydrogens is 218 g/mol. The van der Waals surface area contributed by atoms with E-state index in [1.54, 1.807) is 13.1 Å². The fourth-order valence-corrected chi connectivity index (χ4v) is 2.15. The molecular formula is C12H19N3O2. The van der Waals surface area contributed by atoms with Gasteiger partial charge in [0.25, 0.3) is 0 Å². The minimum absolute atomic E-state index is 0.125. The summed E-state index contributed by atoms with van der Waals surface area (Å²) in [5, 5.41) is 10.6. The highest BCUT2D eigenvalue weighted by molar-refractivity contribution is 6.35. The summed E-state index contributed by atoms with van der Waals surface area (Å²) in [6.07, 6.45) is 4.11. The van der Waals surface area contributed by atoms with Crippen LogP contribution in [0.4, 0.5) is 0 Å². The van der Waals surface area contributed by atoms with Gasteiger partial charge in [-0.2, -0.15) is 5.26 Å². The van der Waals surface area contributed by atoms with Crippen LogP contribution in [-0.4, -0.2) is 36.3 Å². The van der Waals surface area contributed by atoms with E-state index in [0.717, 1.165) is 25.7 Å². The van der Waals surface area contributed by atoms with Crippen molar-refractivity contribution in [2.45, 2.75) is 38.6 Å². The van der Waals surface area contributed by atoms with Crippen molar-refractivity contribution in [2.75, 3.05) is 13.6 Å². The fourth-order valence-electron chi connectivity index (χ4n) is 2.15. The second kappa shape index (κ2) is 6.24. The molecule has 0 atom stereocenters. The molecule has 1 N–H and O–H groups in total. The van der Waals surface area contributed by atoms with Crippen molar-refractivity contribution >= 4 is 11.8 Å². The highest BCUT2D eigenvalue weighted by atomic mass is 16.2. The van der Waals surface area contributed by atoms with Crippen LogP contribution in [0.15, 0.2) is 0 Å². The Morgan fingerprint density at radius 3 is 2.47 bits per heavy atom. The highest BCUT2D eigenvalue weighted by Gasteiger charge is 2.27. The molecule has 1 fully saturated rings. The first-order valence-corrected chi connectivity index (χ1v) is 5.98. The molecule has 2 amide bonds. The van der Waals surface area contributed by atoms with Gasteiger partial charge in [0, 0.05) is 13.1 Å². The quantitative estimate of drug-likeness (QED) is 0.566. The third-order valence-corrected chi connectivity index (χ3v) is 3.38. The molecule has 1 aliphatic carbocycles. The standard InChI is InChI=1S/C12H19N3O2/c1-9-3-5-10(6-4-9)15(2)12(17)11(16)14-8-7-13/h9-10H,3-6,8H2,1-2H3,(H,14,16). The fraction of sp³-hybridized carbons (Fsp3) is 0.750. The van der Waals surface area contributed by atoms with Gasteiger partial charge in [0.2, 0.25) is 0 Å². The van der Waals surface area contributed by atoms with Gasteiger partial charge in [-0.05, 0) is 31.6 Å². The van der Waals surface area contributed by atoms with Crippen molar-refractivity contribution in [1.29, 1.82) is 5.26 Å². The van der Waals surface area contributed by atoms with Crippen LogP contribution in [0, 0.1) is 17.2 Å². The molecule has 0 heterocycles. The lowest BCUT2D eigenvalue weighted by Gasteiger charge is -2.33. The molecule has 0 saturated heterocycles. The second-order valence-electron chi connectivity index (χ2n) is 4.67. The van der Waals surface area contributed by atoms with E-state index >= 15 is 0 Å². The van der Waals surface area contributed by atoms with Crippen LogP contribution in [-0.2, 0) is 9.59 Å². The summed E-state index contributed by atoms with van der Waals surface area (Å²) in [7, 11) is 1.66. The number of carbonyl (C=O) groups is 2. The molecule has 1 rings (SSSR count). The topological polar surface area (TPSA) is 73.2 Å². The van der Waals surface area contributed by atoms with E-state index in [2.05, 4.69) is 12.2 Å². The average molecular weight is 237 g/mol. The van der Waals surface area contributed by atoms with Crippen LogP contribution in [0.5, 0.6) is 0 Å². The summed E-state index contributed by atoms with van der Waals surface area (Å²) in [5.41, 5.74) is 0. The Morgan fingerprint density at radius 2 is 1.94 bits per heavy atom. The Bertz CT molecular complexity index is 327. The third kappa shape index (κ3) is 3.74. The molecule has 0 aromatic carbocycles. The molecule has 0 aromatic heterocycles. The molecule has 0 radical (unpaired) electrons. The first-order chi connectivity index (χ1) is 8.06. The van der Waals surface area contributed by atoms with Crippen LogP contribution in [0.3, 0.4) is 0 Å². The smallest absolute Gasteiger partial charge is 0.311 e. The van der Waals surface area contributed by atoms with Crippen LogP contribution >= 0.6 is 0 Å². The van der Waals surface area contributed by atoms with E-state index in [-0.39, 0.29) is 12.6 Å². The van der Waals surface area contributed by atoms with E-state index in [1.165, 1.54) is 4.90 Å². The molecule has 1 saturated carbocycles. The predicted octanol–water partition coefficient (Wildman–Crippen LogP) is 0.663. The molecule has 0 unspecified atom stereocenters. The van der Waals surface area contributed by atoms with Gasteiger partial charge in [-0.3, -0.25) is 9.59 Å². The maximum Gasteiger partial charge on any atom is 0.311 e. The number of carbonyl (C=O) groups excluding carboxylic acids is 2. The largest absolute Gasteiger partial charge is 0.335 e. The molecule has 0 bridgehead atoms. The van der Waals surface area contributed by atoms with Gasteiger partial charge in [0.1, 0.15) is 6.54 Å². The minimum atomic E-state index is -0.687. The maximum atomic E-state index is 11.7. The summed E-state index contributed by atoms with van der Waals surface area (Å²) >= 11 is 0. The molecule has 0 aliphatic heterocycles. The van der Waals surface area contributed by atoms with Crippen molar-refractivity contribution in [3.8, 4) is 6.07 Å². The lowest BCUT2D eigenvalue weighted by Crippen LogP contribution is -2.46. The monoisotopic (exact) mass is 237 g/mol. The SMILES string of the molecule is CC1CCC(N(C)C(=O)C(=O)NCC#N)CC1. The second-order valence-corrected chi connectivity index (χ2v) is 4.67. The van der Waals surface area contributed by atoms with Crippen molar-refractivity contribution in [2.24, 2.45) is 5.92 Å². The van der Waals surface area contributed by atoms with E-state index in [0.29, 0.717) is 5.92 Å². The number of amides is 2. The molecule has 17 heavy (non-hydrogen) atoms. The van der Waals surface area contributed by atoms with Crippen molar-refractivity contribution < 1.29 is 9.59 Å². The Hall–Kier alpha value is -1.57. The zero-order valence-corrected chi connectivity index (χ0v) is 10.4. The van der Waals surface area contributed by atoms with Crippen LogP contribution in [0.2, 0.25) is 0 Å². The molecule has 5 nitrogen and oxygen atoms in total. The van der Waals surface area contributed by atoms with Crippen molar-refractivity contribution in [3.05, 3.63) is 0 Å². The van der Waals surface area contributed by atoms with E-state index in [9.17, 15) is 9.59 Å². The number of nitrogens with one attached hydrogen (secondary N) is 1. The molecule has 0 aromatic rings. The molecule has 5 heteroatoms. The van der Waals surface area contributed by atoms with Crippen LogP contribution < -0.4 is 5.32 Å². The molecule has 0 spiro atoms. The van der Waals surface area contributed by atoms with E-state index in [1.807, 2.05) is 0 Å². The predicted molar refractivity (Wildman–Crippen MR) is 62.8 cm³/mol. The number of hydrogen-bond acceptors (Lipinski definition) is 3. The van der Waals surface area contributed by atoms with Gasteiger partial charge in [0.05, 0.1) is 6.07 Å². The van der Waals surface area contributed by atoms with Gasteiger partial charge >= 0.3 is 11.8 Å². The summed E-state index contributed by atoms with van der Waals surface area (Å²) < 4.78 is 0. The summed E-state index contributed by atoms with van der Waals surface area (Å²) in [6, 6.07) is 1.93. The summed E-state index contributed by atoms with van der Waals surface area (Å²) in [4.78, 5) is 24.6. The summed E-state index contributed by atoms with van der Waals surface area (Å²) in [5.74, 6) is -0.519. The van der Waals surface area contributed by atoms with Crippen molar-refractivity contribution in [1.82, 2.24) is 10.2 Å². The average Bonchev–Trinajstić information content (AvgIpc) is 2.35. The Balaban J connectivity index is 2.46.